The van der Waals surface area contributed by atoms with E-state index in [1.165, 1.54) is 24.0 Å². The summed E-state index contributed by atoms with van der Waals surface area (Å²) < 4.78 is 1.16. The highest BCUT2D eigenvalue weighted by molar-refractivity contribution is 9.10. The summed E-state index contributed by atoms with van der Waals surface area (Å²) in [6, 6.07) is 7.77. The fraction of sp³-hybridized carbons (Fsp3) is 0.571. The molecule has 17 heavy (non-hydrogen) atoms. The molecule has 94 valence electrons. The largest absolute Gasteiger partial charge is 0.312 e. The van der Waals surface area contributed by atoms with Gasteiger partial charge in [-0.1, -0.05) is 22.0 Å². The van der Waals surface area contributed by atoms with Gasteiger partial charge in [0.25, 0.3) is 0 Å². The first-order chi connectivity index (χ1) is 8.15. The van der Waals surface area contributed by atoms with Crippen molar-refractivity contribution in [2.24, 2.45) is 0 Å². The highest BCUT2D eigenvalue weighted by atomic mass is 79.9. The summed E-state index contributed by atoms with van der Waals surface area (Å²) in [5.74, 6) is 0. The Hall–Kier alpha value is -0.380. The Morgan fingerprint density at radius 2 is 2.18 bits per heavy atom. The molecule has 2 N–H and O–H groups in total. The van der Waals surface area contributed by atoms with Crippen LogP contribution in [0, 0.1) is 6.92 Å². The van der Waals surface area contributed by atoms with E-state index in [-0.39, 0.29) is 0 Å². The molecule has 0 aliphatic heterocycles. The second kappa shape index (κ2) is 5.98. The minimum absolute atomic E-state index is 0.522. The Morgan fingerprint density at radius 3 is 2.88 bits per heavy atom. The standard InChI is InChI=1S/C14H21BrN2/c1-10-3-4-13(15)7-12(10)9-16-11(2)8-17-14-5-6-14/h3-4,7,11,14,16-17H,5-6,8-9H2,1-2H3. The average Bonchev–Trinajstić information content (AvgIpc) is 3.11. The molecule has 1 aromatic carbocycles. The third-order valence-corrected chi connectivity index (χ3v) is 3.74. The second-order valence-corrected chi connectivity index (χ2v) is 5.95. The monoisotopic (exact) mass is 296 g/mol. The van der Waals surface area contributed by atoms with Crippen molar-refractivity contribution in [3.05, 3.63) is 33.8 Å². The van der Waals surface area contributed by atoms with Gasteiger partial charge >= 0.3 is 0 Å². The first-order valence-corrected chi connectivity index (χ1v) is 7.16. The Morgan fingerprint density at radius 1 is 1.41 bits per heavy atom. The normalized spacial score (nSPS) is 17.1. The molecule has 0 aromatic heterocycles. The predicted molar refractivity (Wildman–Crippen MR) is 76.2 cm³/mol. The van der Waals surface area contributed by atoms with E-state index in [9.17, 15) is 0 Å². The molecule has 2 rings (SSSR count). The van der Waals surface area contributed by atoms with Crippen molar-refractivity contribution < 1.29 is 0 Å². The first kappa shape index (κ1) is 13.1. The first-order valence-electron chi connectivity index (χ1n) is 6.37. The molecule has 0 saturated heterocycles. The van der Waals surface area contributed by atoms with E-state index in [1.807, 2.05) is 0 Å². The van der Waals surface area contributed by atoms with Crippen molar-refractivity contribution >= 4 is 15.9 Å². The van der Waals surface area contributed by atoms with Gasteiger partial charge in [0.15, 0.2) is 0 Å². The van der Waals surface area contributed by atoms with Crippen LogP contribution in [-0.4, -0.2) is 18.6 Å². The maximum atomic E-state index is 3.57. The topological polar surface area (TPSA) is 24.1 Å². The summed E-state index contributed by atoms with van der Waals surface area (Å²) in [4.78, 5) is 0. The zero-order chi connectivity index (χ0) is 12.3. The van der Waals surface area contributed by atoms with E-state index in [1.54, 1.807) is 0 Å². The van der Waals surface area contributed by atoms with E-state index in [0.29, 0.717) is 6.04 Å². The molecule has 1 saturated carbocycles. The van der Waals surface area contributed by atoms with E-state index in [2.05, 4.69) is 58.6 Å². The highest BCUT2D eigenvalue weighted by Gasteiger charge is 2.20. The Kier molecular flexibility index (Phi) is 4.60. The molecule has 0 spiro atoms. The SMILES string of the molecule is Cc1ccc(Br)cc1CNC(C)CNC1CC1. The van der Waals surface area contributed by atoms with Gasteiger partial charge in [-0.2, -0.15) is 0 Å². The van der Waals surface area contributed by atoms with E-state index in [0.717, 1.165) is 23.6 Å². The lowest BCUT2D eigenvalue weighted by Gasteiger charge is -2.15. The van der Waals surface area contributed by atoms with Gasteiger partial charge in [-0.05, 0) is 49.9 Å². The van der Waals surface area contributed by atoms with E-state index >= 15 is 0 Å². The number of aryl methyl sites for hydroxylation is 1. The fourth-order valence-electron chi connectivity index (χ4n) is 1.82. The van der Waals surface area contributed by atoms with Gasteiger partial charge in [0.1, 0.15) is 0 Å². The van der Waals surface area contributed by atoms with Crippen molar-refractivity contribution in [1.82, 2.24) is 10.6 Å². The van der Waals surface area contributed by atoms with Gasteiger partial charge in [-0.25, -0.2) is 0 Å². The molecular formula is C14H21BrN2. The van der Waals surface area contributed by atoms with Gasteiger partial charge in [0, 0.05) is 29.6 Å². The molecule has 1 aliphatic carbocycles. The van der Waals surface area contributed by atoms with Gasteiger partial charge in [0.2, 0.25) is 0 Å². The van der Waals surface area contributed by atoms with Crippen molar-refractivity contribution in [2.45, 2.75) is 45.3 Å². The fourth-order valence-corrected chi connectivity index (χ4v) is 2.23. The van der Waals surface area contributed by atoms with E-state index < -0.39 is 0 Å². The molecule has 3 heteroatoms. The number of benzene rings is 1. The van der Waals surface area contributed by atoms with Gasteiger partial charge in [-0.3, -0.25) is 0 Å². The minimum atomic E-state index is 0.522. The maximum Gasteiger partial charge on any atom is 0.0211 e. The Balaban J connectivity index is 1.77. The molecule has 0 amide bonds. The molecule has 2 nitrogen and oxygen atoms in total. The van der Waals surface area contributed by atoms with Crippen molar-refractivity contribution in [1.29, 1.82) is 0 Å². The summed E-state index contributed by atoms with van der Waals surface area (Å²) in [5.41, 5.74) is 2.72. The van der Waals surface area contributed by atoms with Crippen molar-refractivity contribution in [3.8, 4) is 0 Å². The number of halogens is 1. The number of rotatable bonds is 6. The molecule has 1 aliphatic rings. The quantitative estimate of drug-likeness (QED) is 0.843. The van der Waals surface area contributed by atoms with Crippen molar-refractivity contribution in [2.75, 3.05) is 6.54 Å². The summed E-state index contributed by atoms with van der Waals surface area (Å²) in [5, 5.41) is 7.11. The zero-order valence-corrected chi connectivity index (χ0v) is 12.2. The maximum absolute atomic E-state index is 3.57. The number of hydrogen-bond acceptors (Lipinski definition) is 2. The molecule has 1 atom stereocenters. The summed E-state index contributed by atoms with van der Waals surface area (Å²) in [7, 11) is 0. The lowest BCUT2D eigenvalue weighted by Crippen LogP contribution is -2.36. The lowest BCUT2D eigenvalue weighted by molar-refractivity contribution is 0.499. The number of nitrogens with one attached hydrogen (secondary N) is 2. The van der Waals surface area contributed by atoms with Gasteiger partial charge in [0.05, 0.1) is 0 Å². The van der Waals surface area contributed by atoms with Crippen LogP contribution >= 0.6 is 15.9 Å². The molecule has 1 unspecified atom stereocenters. The molecule has 0 radical (unpaired) electrons. The van der Waals surface area contributed by atoms with Gasteiger partial charge < -0.3 is 10.6 Å². The van der Waals surface area contributed by atoms with Crippen LogP contribution in [0.25, 0.3) is 0 Å². The van der Waals surface area contributed by atoms with Crippen LogP contribution in [0.5, 0.6) is 0 Å². The molecule has 0 heterocycles. The highest BCUT2D eigenvalue weighted by Crippen LogP contribution is 2.18. The summed E-state index contributed by atoms with van der Waals surface area (Å²) in [6.45, 7) is 6.41. The third kappa shape index (κ3) is 4.41. The van der Waals surface area contributed by atoms with Crippen LogP contribution in [0.15, 0.2) is 22.7 Å². The molecular weight excluding hydrogens is 276 g/mol. The molecule has 0 bridgehead atoms. The minimum Gasteiger partial charge on any atom is -0.312 e. The second-order valence-electron chi connectivity index (χ2n) is 5.04. The van der Waals surface area contributed by atoms with Crippen LogP contribution in [0.4, 0.5) is 0 Å². The lowest BCUT2D eigenvalue weighted by atomic mass is 10.1. The van der Waals surface area contributed by atoms with E-state index in [4.69, 9.17) is 0 Å². The van der Waals surface area contributed by atoms with Crippen LogP contribution in [0.3, 0.4) is 0 Å². The van der Waals surface area contributed by atoms with Crippen LogP contribution in [0.2, 0.25) is 0 Å². The average molecular weight is 297 g/mol. The Bertz CT molecular complexity index is 374. The van der Waals surface area contributed by atoms with Gasteiger partial charge in [-0.15, -0.1) is 0 Å². The molecule has 1 fully saturated rings. The Labute approximate surface area is 112 Å². The summed E-state index contributed by atoms with van der Waals surface area (Å²) in [6.07, 6.45) is 2.72. The van der Waals surface area contributed by atoms with Crippen LogP contribution in [0.1, 0.15) is 30.9 Å². The van der Waals surface area contributed by atoms with Crippen LogP contribution < -0.4 is 10.6 Å². The third-order valence-electron chi connectivity index (χ3n) is 3.24. The number of hydrogen-bond donors (Lipinski definition) is 2. The van der Waals surface area contributed by atoms with Crippen LogP contribution in [-0.2, 0) is 6.54 Å². The predicted octanol–water partition coefficient (Wildman–Crippen LogP) is 2.99. The molecule has 1 aromatic rings. The smallest absolute Gasteiger partial charge is 0.0211 e. The van der Waals surface area contributed by atoms with Crippen molar-refractivity contribution in [3.63, 3.8) is 0 Å². The zero-order valence-electron chi connectivity index (χ0n) is 10.6. The summed E-state index contributed by atoms with van der Waals surface area (Å²) >= 11 is 3.52.